The van der Waals surface area contributed by atoms with E-state index in [2.05, 4.69) is 20.0 Å². The minimum absolute atomic E-state index is 0.0640. The van der Waals surface area contributed by atoms with Crippen LogP contribution in [0.3, 0.4) is 0 Å². The Kier molecular flexibility index (Phi) is 6.70. The summed E-state index contributed by atoms with van der Waals surface area (Å²) in [7, 11) is -7.92. The van der Waals surface area contributed by atoms with Gasteiger partial charge in [-0.2, -0.15) is 0 Å². The summed E-state index contributed by atoms with van der Waals surface area (Å²) in [6, 6.07) is 21.5. The molecule has 1 atom stereocenters. The second-order valence-corrected chi connectivity index (χ2v) is 11.7. The molecule has 194 valence electrons. The Bertz CT molecular complexity index is 1670. The zero-order valence-electron chi connectivity index (χ0n) is 19.6. The number of fused-ring (bicyclic) bond motifs is 1. The van der Waals surface area contributed by atoms with Crippen LogP contribution in [0.5, 0.6) is 5.75 Å². The molecule has 1 aliphatic rings. The van der Waals surface area contributed by atoms with Crippen molar-refractivity contribution in [1.82, 2.24) is 9.97 Å². The van der Waals surface area contributed by atoms with E-state index in [1.807, 2.05) is 0 Å². The van der Waals surface area contributed by atoms with E-state index in [0.29, 0.717) is 11.4 Å². The largest absolute Gasteiger partial charge is 0.476 e. The molecule has 1 aromatic heterocycles. The molecule has 3 aromatic carbocycles. The predicted octanol–water partition coefficient (Wildman–Crippen LogP) is 2.87. The van der Waals surface area contributed by atoms with Gasteiger partial charge in [0.2, 0.25) is 5.95 Å². The number of carbonyl (C=O) groups excluding carboxylic acids is 1. The molecule has 1 amide bonds. The number of rotatable bonds is 7. The third-order valence-electron chi connectivity index (χ3n) is 5.58. The summed E-state index contributed by atoms with van der Waals surface area (Å²) in [5.74, 6) is -0.428. The average Bonchev–Trinajstić information content (AvgIpc) is 2.93. The van der Waals surface area contributed by atoms with Gasteiger partial charge in [-0.25, -0.2) is 31.5 Å². The lowest BCUT2D eigenvalue weighted by Crippen LogP contribution is -2.48. The molecule has 0 unspecified atom stereocenters. The van der Waals surface area contributed by atoms with Crippen molar-refractivity contribution in [3.63, 3.8) is 0 Å². The molecule has 2 N–H and O–H groups in total. The quantitative estimate of drug-likeness (QED) is 0.356. The Balaban J connectivity index is 1.34. The molecular weight excluding hydrogens is 530 g/mol. The highest BCUT2D eigenvalue weighted by atomic mass is 32.2. The van der Waals surface area contributed by atoms with Crippen LogP contribution < -0.4 is 19.1 Å². The molecule has 0 saturated heterocycles. The predicted molar refractivity (Wildman–Crippen MR) is 140 cm³/mol. The van der Waals surface area contributed by atoms with Crippen molar-refractivity contribution in [1.29, 1.82) is 0 Å². The zero-order chi connectivity index (χ0) is 26.8. The molecule has 4 aromatic rings. The summed E-state index contributed by atoms with van der Waals surface area (Å²) in [4.78, 5) is 20.8. The summed E-state index contributed by atoms with van der Waals surface area (Å²) in [5, 5.41) is 2.66. The van der Waals surface area contributed by atoms with Gasteiger partial charge in [-0.1, -0.05) is 30.3 Å². The molecule has 0 spiro atoms. The fourth-order valence-electron chi connectivity index (χ4n) is 3.76. The van der Waals surface area contributed by atoms with E-state index in [9.17, 15) is 21.6 Å². The number of amides is 1. The number of sulfonamides is 2. The summed E-state index contributed by atoms with van der Waals surface area (Å²) in [5.41, 5.74) is 0.620. The normalized spacial score (nSPS) is 15.2. The van der Waals surface area contributed by atoms with Crippen molar-refractivity contribution in [2.24, 2.45) is 0 Å². The van der Waals surface area contributed by atoms with Gasteiger partial charge in [0.15, 0.2) is 6.10 Å². The lowest BCUT2D eigenvalue weighted by Gasteiger charge is -2.34. The van der Waals surface area contributed by atoms with Gasteiger partial charge in [0, 0.05) is 18.1 Å². The molecule has 11 nitrogen and oxygen atoms in total. The maximum absolute atomic E-state index is 13.4. The molecule has 2 heterocycles. The van der Waals surface area contributed by atoms with Crippen LogP contribution in [-0.2, 0) is 24.8 Å². The van der Waals surface area contributed by atoms with Crippen LogP contribution in [0.25, 0.3) is 0 Å². The van der Waals surface area contributed by atoms with E-state index in [4.69, 9.17) is 4.74 Å². The SMILES string of the molecule is O=C(Nc1ccc(S(=O)(=O)Nc2ncccn2)cc1)[C@@H]1CN(S(=O)(=O)c2ccccc2)c2ccccc2O1. The highest BCUT2D eigenvalue weighted by Gasteiger charge is 2.37. The molecule has 0 radical (unpaired) electrons. The van der Waals surface area contributed by atoms with Crippen LogP contribution in [0.15, 0.2) is 107 Å². The van der Waals surface area contributed by atoms with Gasteiger partial charge >= 0.3 is 0 Å². The molecule has 5 rings (SSSR count). The van der Waals surface area contributed by atoms with Crippen LogP contribution in [-0.4, -0.2) is 45.4 Å². The number of hydrogen-bond donors (Lipinski definition) is 2. The second-order valence-electron chi connectivity index (χ2n) is 8.11. The van der Waals surface area contributed by atoms with Gasteiger partial charge in [0.25, 0.3) is 26.0 Å². The number of para-hydroxylation sites is 2. The van der Waals surface area contributed by atoms with Gasteiger partial charge in [0.05, 0.1) is 22.0 Å². The number of hydrogen-bond acceptors (Lipinski definition) is 8. The first-order valence-electron chi connectivity index (χ1n) is 11.3. The van der Waals surface area contributed by atoms with Crippen molar-refractivity contribution in [3.05, 3.63) is 97.3 Å². The maximum atomic E-state index is 13.4. The molecule has 38 heavy (non-hydrogen) atoms. The number of carbonyl (C=O) groups is 1. The minimum Gasteiger partial charge on any atom is -0.476 e. The third kappa shape index (κ3) is 5.14. The summed E-state index contributed by atoms with van der Waals surface area (Å²) < 4.78 is 61.2. The molecule has 1 aliphatic heterocycles. The summed E-state index contributed by atoms with van der Waals surface area (Å²) in [6.45, 7) is -0.256. The number of nitrogens with one attached hydrogen (secondary N) is 2. The van der Waals surface area contributed by atoms with Gasteiger partial charge in [0.1, 0.15) is 5.75 Å². The first kappa shape index (κ1) is 25.2. The first-order valence-corrected chi connectivity index (χ1v) is 14.2. The van der Waals surface area contributed by atoms with Gasteiger partial charge in [-0.3, -0.25) is 9.10 Å². The van der Waals surface area contributed by atoms with Crippen LogP contribution in [0, 0.1) is 0 Å². The standard InChI is InChI=1S/C25H21N5O6S2/c31-24(28-18-11-13-19(14-12-18)37(32,33)29-25-26-15-6-16-27-25)23-17-30(21-9-4-5-10-22(21)36-23)38(34,35)20-7-2-1-3-8-20/h1-16,23H,17H2,(H,28,31)(H,26,27,29)/t23-/m0/s1. The molecule has 0 fully saturated rings. The number of aromatic nitrogens is 2. The number of nitrogens with zero attached hydrogens (tertiary/aromatic N) is 3. The smallest absolute Gasteiger partial charge is 0.267 e. The van der Waals surface area contributed by atoms with Crippen molar-refractivity contribution in [2.45, 2.75) is 15.9 Å². The minimum atomic E-state index is -3.97. The highest BCUT2D eigenvalue weighted by molar-refractivity contribution is 7.93. The molecular formula is C25H21N5O6S2. The van der Waals surface area contributed by atoms with Crippen molar-refractivity contribution in [2.75, 3.05) is 20.9 Å². The van der Waals surface area contributed by atoms with Gasteiger partial charge in [-0.15, -0.1) is 0 Å². The molecule has 0 saturated carbocycles. The van der Waals surface area contributed by atoms with Crippen molar-refractivity contribution < 1.29 is 26.4 Å². The number of ether oxygens (including phenoxy) is 1. The molecule has 0 aliphatic carbocycles. The Morgan fingerprint density at radius 1 is 0.816 bits per heavy atom. The first-order chi connectivity index (χ1) is 18.2. The topological polar surface area (TPSA) is 148 Å². The number of anilines is 3. The Morgan fingerprint density at radius 3 is 2.18 bits per heavy atom. The van der Waals surface area contributed by atoms with Crippen LogP contribution in [0.2, 0.25) is 0 Å². The van der Waals surface area contributed by atoms with Crippen molar-refractivity contribution in [3.8, 4) is 5.75 Å². The van der Waals surface area contributed by atoms with Crippen LogP contribution in [0.4, 0.5) is 17.3 Å². The Morgan fingerprint density at radius 2 is 1.47 bits per heavy atom. The maximum Gasteiger partial charge on any atom is 0.267 e. The zero-order valence-corrected chi connectivity index (χ0v) is 21.3. The summed E-state index contributed by atoms with van der Waals surface area (Å²) in [6.07, 6.45) is 1.65. The van der Waals surface area contributed by atoms with Crippen LogP contribution in [0.1, 0.15) is 0 Å². The lowest BCUT2D eigenvalue weighted by molar-refractivity contribution is -0.122. The van der Waals surface area contributed by atoms with E-state index < -0.39 is 32.1 Å². The van der Waals surface area contributed by atoms with Crippen molar-refractivity contribution >= 4 is 43.3 Å². The van der Waals surface area contributed by atoms with E-state index in [-0.39, 0.29) is 28.0 Å². The van der Waals surface area contributed by atoms with E-state index in [0.717, 1.165) is 4.31 Å². The number of benzene rings is 3. The summed E-state index contributed by atoms with van der Waals surface area (Å²) >= 11 is 0. The van der Waals surface area contributed by atoms with E-state index in [1.165, 1.54) is 48.8 Å². The van der Waals surface area contributed by atoms with Gasteiger partial charge in [-0.05, 0) is 54.6 Å². The van der Waals surface area contributed by atoms with E-state index >= 15 is 0 Å². The van der Waals surface area contributed by atoms with Crippen LogP contribution >= 0.6 is 0 Å². The Labute approximate surface area is 219 Å². The fraction of sp³-hybridized carbons (Fsp3) is 0.0800. The third-order valence-corrected chi connectivity index (χ3v) is 8.72. The monoisotopic (exact) mass is 551 g/mol. The van der Waals surface area contributed by atoms with Gasteiger partial charge < -0.3 is 10.1 Å². The fourth-order valence-corrected chi connectivity index (χ4v) is 6.21. The second kappa shape index (κ2) is 10.1. The molecule has 0 bridgehead atoms. The van der Waals surface area contributed by atoms with E-state index in [1.54, 1.807) is 48.5 Å². The highest BCUT2D eigenvalue weighted by Crippen LogP contribution is 2.37. The lowest BCUT2D eigenvalue weighted by atomic mass is 10.2. The Hall–Kier alpha value is -4.49. The molecule has 13 heteroatoms. The average molecular weight is 552 g/mol.